The summed E-state index contributed by atoms with van der Waals surface area (Å²) >= 11 is 12.5. The monoisotopic (exact) mass is 494 g/mol. The standard InChI is InChI=1S/C26H21Cl2FN4O/c1-13(2)23-20-22(31-32(23)12-14-4-3-9-30-11-14)26(34)33-24(20)16-6-5-15(27)10-18(16)17-7-8-19(28)21(29)25(17)33/h4-8,10-11,13,24H,3,9,12H2,1-2H3. The maximum atomic E-state index is 15.5. The molecule has 0 fully saturated rings. The number of halogens is 3. The van der Waals surface area contributed by atoms with E-state index in [2.05, 4.69) is 24.9 Å². The summed E-state index contributed by atoms with van der Waals surface area (Å²) in [6.45, 7) is 5.50. The minimum absolute atomic E-state index is 0.0296. The summed E-state index contributed by atoms with van der Waals surface area (Å²) in [6, 6.07) is 8.31. The molecule has 172 valence electrons. The second kappa shape index (κ2) is 7.79. The number of carbonyl (C=O) groups is 1. The smallest absolute Gasteiger partial charge is 0.280 e. The third kappa shape index (κ3) is 3.01. The van der Waals surface area contributed by atoms with Gasteiger partial charge < -0.3 is 0 Å². The van der Waals surface area contributed by atoms with Gasteiger partial charge in [0.15, 0.2) is 11.5 Å². The summed E-state index contributed by atoms with van der Waals surface area (Å²) in [5, 5.41) is 5.28. The van der Waals surface area contributed by atoms with Crippen molar-refractivity contribution >= 4 is 41.0 Å². The van der Waals surface area contributed by atoms with Gasteiger partial charge >= 0.3 is 0 Å². The van der Waals surface area contributed by atoms with Crippen molar-refractivity contribution in [1.29, 1.82) is 0 Å². The number of carbonyl (C=O) groups excluding carboxylic acids is 1. The van der Waals surface area contributed by atoms with Crippen molar-refractivity contribution in [3.8, 4) is 11.1 Å². The predicted octanol–water partition coefficient (Wildman–Crippen LogP) is 6.58. The zero-order valence-electron chi connectivity index (χ0n) is 18.6. The van der Waals surface area contributed by atoms with Gasteiger partial charge in [0.25, 0.3) is 5.91 Å². The Morgan fingerprint density at radius 1 is 1.18 bits per heavy atom. The molecule has 34 heavy (non-hydrogen) atoms. The maximum Gasteiger partial charge on any atom is 0.280 e. The van der Waals surface area contributed by atoms with E-state index < -0.39 is 11.9 Å². The van der Waals surface area contributed by atoms with Crippen molar-refractivity contribution in [2.45, 2.75) is 38.8 Å². The molecular weight excluding hydrogens is 474 g/mol. The van der Waals surface area contributed by atoms with Gasteiger partial charge in [0.05, 0.1) is 23.3 Å². The fraction of sp³-hybridized carbons (Fsp3) is 0.269. The van der Waals surface area contributed by atoms with Gasteiger partial charge in [-0.3, -0.25) is 19.4 Å². The van der Waals surface area contributed by atoms with Gasteiger partial charge in [-0.1, -0.05) is 55.3 Å². The Hall–Kier alpha value is -2.96. The van der Waals surface area contributed by atoms with Gasteiger partial charge in [-0.2, -0.15) is 5.10 Å². The van der Waals surface area contributed by atoms with E-state index in [0.717, 1.165) is 40.9 Å². The number of anilines is 1. The van der Waals surface area contributed by atoms with Crippen molar-refractivity contribution in [1.82, 2.24) is 9.78 Å². The number of benzene rings is 2. The molecule has 5 nitrogen and oxygen atoms in total. The van der Waals surface area contributed by atoms with Crippen LogP contribution in [0.15, 0.2) is 47.0 Å². The number of hydrogen-bond acceptors (Lipinski definition) is 3. The molecule has 8 heteroatoms. The number of amides is 1. The first-order valence-corrected chi connectivity index (χ1v) is 12.0. The number of hydrogen-bond donors (Lipinski definition) is 0. The van der Waals surface area contributed by atoms with Crippen LogP contribution < -0.4 is 4.90 Å². The second-order valence-corrected chi connectivity index (χ2v) is 9.97. The molecule has 0 saturated heterocycles. The quantitative estimate of drug-likeness (QED) is 0.412. The molecule has 0 saturated carbocycles. The highest BCUT2D eigenvalue weighted by molar-refractivity contribution is 6.32. The molecule has 0 bridgehead atoms. The molecule has 1 amide bonds. The summed E-state index contributed by atoms with van der Waals surface area (Å²) < 4.78 is 17.4. The molecular formula is C26H21Cl2FN4O. The van der Waals surface area contributed by atoms with E-state index in [4.69, 9.17) is 28.3 Å². The largest absolute Gasteiger partial charge is 0.293 e. The normalized spacial score (nSPS) is 18.1. The number of allylic oxidation sites excluding steroid dienone is 1. The highest BCUT2D eigenvalue weighted by atomic mass is 35.5. The van der Waals surface area contributed by atoms with E-state index in [9.17, 15) is 4.79 Å². The lowest BCUT2D eigenvalue weighted by molar-refractivity contribution is 0.0986. The molecule has 2 aromatic carbocycles. The lowest BCUT2D eigenvalue weighted by Crippen LogP contribution is -2.34. The fourth-order valence-electron chi connectivity index (χ4n) is 5.36. The topological polar surface area (TPSA) is 50.5 Å². The Morgan fingerprint density at radius 3 is 2.74 bits per heavy atom. The average molecular weight is 495 g/mol. The molecule has 3 aliphatic rings. The Morgan fingerprint density at radius 2 is 2.00 bits per heavy atom. The van der Waals surface area contributed by atoms with Crippen LogP contribution in [0.4, 0.5) is 10.1 Å². The number of fused-ring (bicyclic) bond motifs is 8. The summed E-state index contributed by atoms with van der Waals surface area (Å²) in [5.41, 5.74) is 5.67. The van der Waals surface area contributed by atoms with Crippen LogP contribution >= 0.6 is 23.2 Å². The molecule has 3 aliphatic heterocycles. The van der Waals surface area contributed by atoms with Gasteiger partial charge in [-0.05, 0) is 47.2 Å². The highest BCUT2D eigenvalue weighted by Gasteiger charge is 2.49. The summed E-state index contributed by atoms with van der Waals surface area (Å²) in [4.78, 5) is 19.7. The van der Waals surface area contributed by atoms with Crippen LogP contribution in [0.3, 0.4) is 0 Å². The minimum Gasteiger partial charge on any atom is -0.293 e. The van der Waals surface area contributed by atoms with Gasteiger partial charge in [0, 0.05) is 34.6 Å². The second-order valence-electron chi connectivity index (χ2n) is 9.13. The van der Waals surface area contributed by atoms with Crippen LogP contribution in [0, 0.1) is 5.82 Å². The van der Waals surface area contributed by atoms with Gasteiger partial charge in [-0.25, -0.2) is 4.39 Å². The van der Waals surface area contributed by atoms with Gasteiger partial charge in [0.1, 0.15) is 0 Å². The van der Waals surface area contributed by atoms with Crippen molar-refractivity contribution in [2.75, 3.05) is 11.4 Å². The molecule has 1 unspecified atom stereocenters. The average Bonchev–Trinajstić information content (AvgIpc) is 3.31. The molecule has 0 radical (unpaired) electrons. The van der Waals surface area contributed by atoms with Crippen LogP contribution in [-0.2, 0) is 6.54 Å². The summed E-state index contributed by atoms with van der Waals surface area (Å²) in [5.74, 6) is -0.850. The van der Waals surface area contributed by atoms with Crippen molar-refractivity contribution in [2.24, 2.45) is 4.99 Å². The van der Waals surface area contributed by atoms with E-state index in [1.165, 1.54) is 11.0 Å². The van der Waals surface area contributed by atoms with E-state index in [0.29, 0.717) is 22.8 Å². The van der Waals surface area contributed by atoms with E-state index in [-0.39, 0.29) is 22.5 Å². The van der Waals surface area contributed by atoms with Crippen LogP contribution in [-0.4, -0.2) is 28.4 Å². The number of dihydropyridines is 1. The van der Waals surface area contributed by atoms with E-state index >= 15 is 4.39 Å². The van der Waals surface area contributed by atoms with Crippen molar-refractivity contribution < 1.29 is 9.18 Å². The first-order valence-electron chi connectivity index (χ1n) is 11.3. The molecule has 0 aliphatic carbocycles. The predicted molar refractivity (Wildman–Crippen MR) is 133 cm³/mol. The molecule has 0 spiro atoms. The summed E-state index contributed by atoms with van der Waals surface area (Å²) in [6.07, 6.45) is 4.92. The third-order valence-corrected chi connectivity index (χ3v) is 7.22. The van der Waals surface area contributed by atoms with Crippen LogP contribution in [0.25, 0.3) is 11.1 Å². The lowest BCUT2D eigenvalue weighted by Gasteiger charge is -2.35. The maximum absolute atomic E-state index is 15.5. The Bertz CT molecular complexity index is 1440. The fourth-order valence-corrected chi connectivity index (χ4v) is 5.69. The highest BCUT2D eigenvalue weighted by Crippen LogP contribution is 2.55. The molecule has 1 aromatic heterocycles. The Labute approximate surface area is 206 Å². The molecule has 1 atom stereocenters. The third-order valence-electron chi connectivity index (χ3n) is 6.69. The number of aromatic nitrogens is 2. The number of rotatable bonds is 3. The molecule has 3 aromatic rings. The molecule has 4 heterocycles. The van der Waals surface area contributed by atoms with E-state index in [1.54, 1.807) is 12.1 Å². The van der Waals surface area contributed by atoms with Crippen LogP contribution in [0.1, 0.15) is 59.5 Å². The van der Waals surface area contributed by atoms with Crippen molar-refractivity contribution in [3.63, 3.8) is 0 Å². The zero-order valence-corrected chi connectivity index (χ0v) is 20.2. The first-order chi connectivity index (χ1) is 16.4. The molecule has 6 rings (SSSR count). The Kier molecular flexibility index (Phi) is 4.94. The molecule has 0 N–H and O–H groups in total. The SMILES string of the molecule is CC(C)c1c2c(nn1CC1=CCCN=C1)C(=O)N1c3c(ccc(Cl)c3F)-c3cc(Cl)ccc3C21. The van der Waals surface area contributed by atoms with Gasteiger partial charge in [-0.15, -0.1) is 0 Å². The lowest BCUT2D eigenvalue weighted by atomic mass is 9.85. The van der Waals surface area contributed by atoms with E-state index in [1.807, 2.05) is 23.0 Å². The van der Waals surface area contributed by atoms with Gasteiger partial charge in [0.2, 0.25) is 0 Å². The van der Waals surface area contributed by atoms with Crippen molar-refractivity contribution in [3.05, 3.63) is 80.4 Å². The summed E-state index contributed by atoms with van der Waals surface area (Å²) in [7, 11) is 0. The van der Waals surface area contributed by atoms with Crippen LogP contribution in [0.2, 0.25) is 10.0 Å². The number of nitrogens with zero attached hydrogens (tertiary/aromatic N) is 4. The first kappa shape index (κ1) is 21.6. The zero-order chi connectivity index (χ0) is 23.7. The van der Waals surface area contributed by atoms with Crippen LogP contribution in [0.5, 0.6) is 0 Å². The Balaban J connectivity index is 1.60. The minimum atomic E-state index is -0.615. The number of aliphatic imine (C=N–C) groups is 1.